The summed E-state index contributed by atoms with van der Waals surface area (Å²) in [7, 11) is 2.63. The molecule has 0 aliphatic heterocycles. The van der Waals surface area contributed by atoms with Crippen LogP contribution in [0.5, 0.6) is 0 Å². The SMILES string of the molecule is C.CCCCC[C@H](N)C(=O)OC.CCCCC[C@H](NC(=O)c1ccnc(F)c1)C(=O)OC.O=C(O)c1ccnc(F)c1. The first-order valence-electron chi connectivity index (χ1n) is 13.2. The maximum atomic E-state index is 13.0. The molecule has 0 unspecified atom stereocenters. The fourth-order valence-electron chi connectivity index (χ4n) is 3.19. The molecule has 0 fully saturated rings. The number of nitrogens with zero attached hydrogens (tertiary/aromatic N) is 2. The average molecular weight is 599 g/mol. The van der Waals surface area contributed by atoms with Crippen LogP contribution >= 0.6 is 0 Å². The topological polar surface area (TPSA) is 171 Å². The van der Waals surface area contributed by atoms with Gasteiger partial charge < -0.3 is 25.6 Å². The Labute approximate surface area is 246 Å². The number of carboxylic acids is 1. The van der Waals surface area contributed by atoms with Crippen LogP contribution in [0.15, 0.2) is 36.7 Å². The van der Waals surface area contributed by atoms with E-state index in [2.05, 4.69) is 31.7 Å². The Morgan fingerprint density at radius 3 is 1.76 bits per heavy atom. The van der Waals surface area contributed by atoms with Gasteiger partial charge in [0, 0.05) is 30.1 Å². The highest BCUT2D eigenvalue weighted by atomic mass is 19.1. The molecule has 0 aliphatic carbocycles. The molecule has 2 atom stereocenters. The van der Waals surface area contributed by atoms with Crippen LogP contribution in [0, 0.1) is 11.9 Å². The van der Waals surface area contributed by atoms with Crippen LogP contribution in [-0.2, 0) is 19.1 Å². The molecule has 0 spiro atoms. The maximum Gasteiger partial charge on any atom is 0.335 e. The number of rotatable bonds is 13. The molecule has 0 radical (unpaired) electrons. The van der Waals surface area contributed by atoms with Gasteiger partial charge >= 0.3 is 17.9 Å². The molecular formula is C29H44F2N4O7. The number of unbranched alkanes of at least 4 members (excludes halogenated alkanes) is 4. The smallest absolute Gasteiger partial charge is 0.335 e. The molecule has 0 aromatic carbocycles. The first kappa shape index (κ1) is 40.1. The van der Waals surface area contributed by atoms with Gasteiger partial charge in [-0.15, -0.1) is 0 Å². The highest BCUT2D eigenvalue weighted by molar-refractivity contribution is 5.96. The van der Waals surface area contributed by atoms with E-state index in [1.807, 2.05) is 6.92 Å². The minimum Gasteiger partial charge on any atom is -0.478 e. The predicted octanol–water partition coefficient (Wildman–Crippen LogP) is 4.69. The lowest BCUT2D eigenvalue weighted by Crippen LogP contribution is -2.41. The molecule has 2 aromatic heterocycles. The van der Waals surface area contributed by atoms with Gasteiger partial charge in [-0.1, -0.05) is 59.8 Å². The largest absolute Gasteiger partial charge is 0.478 e. The Morgan fingerprint density at radius 2 is 1.33 bits per heavy atom. The summed E-state index contributed by atoms with van der Waals surface area (Å²) in [6, 6.07) is 3.37. The fraction of sp³-hybridized carbons (Fsp3) is 0.517. The number of nitrogens with two attached hydrogens (primary N) is 1. The van der Waals surface area contributed by atoms with Crippen molar-refractivity contribution in [3.63, 3.8) is 0 Å². The molecule has 0 saturated heterocycles. The zero-order chi connectivity index (χ0) is 31.2. The number of hydrogen-bond acceptors (Lipinski definition) is 9. The molecular weight excluding hydrogens is 554 g/mol. The monoisotopic (exact) mass is 598 g/mol. The Bertz CT molecular complexity index is 1090. The standard InChI is InChI=1S/C14H19FN2O3.C8H17NO2.C6H4FNO2.CH4/c1-3-4-5-6-11(14(19)20-2)17-13(18)10-7-8-16-12(15)9-10;1-3-4-5-6-7(9)8(10)11-2;7-5-3-4(6(9)10)1-2-8-5;/h7-9,11H,3-6H2,1-2H3,(H,17,18);7H,3-6,9H2,1-2H3;1-3H,(H,9,10);1H4/t11-;7-;;/m00../s1. The number of pyridine rings is 2. The van der Waals surface area contributed by atoms with E-state index in [9.17, 15) is 28.0 Å². The third-order valence-electron chi connectivity index (χ3n) is 5.47. The number of carboxylic acid groups (broad SMARTS) is 1. The molecule has 1 amide bonds. The van der Waals surface area contributed by atoms with Crippen molar-refractivity contribution in [2.45, 2.75) is 84.7 Å². The minimum absolute atomic E-state index is 0. The van der Waals surface area contributed by atoms with Gasteiger partial charge in [0.2, 0.25) is 11.9 Å². The van der Waals surface area contributed by atoms with Crippen molar-refractivity contribution >= 4 is 23.8 Å². The number of aromatic nitrogens is 2. The summed E-state index contributed by atoms with van der Waals surface area (Å²) < 4.78 is 34.3. The van der Waals surface area contributed by atoms with Crippen molar-refractivity contribution in [3.05, 3.63) is 59.7 Å². The number of carbonyl (C=O) groups excluding carboxylic acids is 3. The molecule has 0 bridgehead atoms. The van der Waals surface area contributed by atoms with E-state index in [1.54, 1.807) is 0 Å². The maximum absolute atomic E-state index is 13.0. The highest BCUT2D eigenvalue weighted by Gasteiger charge is 2.21. The minimum atomic E-state index is -1.15. The zero-order valence-electron chi connectivity index (χ0n) is 23.9. The summed E-state index contributed by atoms with van der Waals surface area (Å²) >= 11 is 0. The number of nitrogens with one attached hydrogen (secondary N) is 1. The Morgan fingerprint density at radius 1 is 0.857 bits per heavy atom. The molecule has 236 valence electrons. The van der Waals surface area contributed by atoms with E-state index in [-0.39, 0.29) is 24.5 Å². The second-order valence-corrected chi connectivity index (χ2v) is 8.71. The molecule has 2 aromatic rings. The average Bonchev–Trinajstić information content (AvgIpc) is 2.96. The number of esters is 2. The van der Waals surface area contributed by atoms with Crippen LogP contribution < -0.4 is 11.1 Å². The van der Waals surface area contributed by atoms with Crippen LogP contribution in [0.4, 0.5) is 8.78 Å². The van der Waals surface area contributed by atoms with E-state index in [4.69, 9.17) is 10.8 Å². The van der Waals surface area contributed by atoms with Gasteiger partial charge in [0.05, 0.1) is 19.8 Å². The van der Waals surface area contributed by atoms with Crippen molar-refractivity contribution in [2.24, 2.45) is 5.73 Å². The van der Waals surface area contributed by atoms with Gasteiger partial charge in [0.1, 0.15) is 12.1 Å². The lowest BCUT2D eigenvalue weighted by atomic mass is 10.1. The Balaban J connectivity index is 0. The van der Waals surface area contributed by atoms with Gasteiger partial charge in [-0.25, -0.2) is 19.6 Å². The van der Waals surface area contributed by atoms with Crippen molar-refractivity contribution < 1.29 is 42.5 Å². The van der Waals surface area contributed by atoms with Gasteiger partial charge in [-0.2, -0.15) is 8.78 Å². The lowest BCUT2D eigenvalue weighted by molar-refractivity contribution is -0.143. The van der Waals surface area contributed by atoms with E-state index >= 15 is 0 Å². The summed E-state index contributed by atoms with van der Waals surface area (Å²) in [5, 5.41) is 10.9. The van der Waals surface area contributed by atoms with Crippen LogP contribution in [0.2, 0.25) is 0 Å². The summed E-state index contributed by atoms with van der Waals surface area (Å²) in [5.41, 5.74) is 5.53. The van der Waals surface area contributed by atoms with Crippen molar-refractivity contribution in [1.82, 2.24) is 15.3 Å². The van der Waals surface area contributed by atoms with Crippen LogP contribution in [-0.4, -0.2) is 65.2 Å². The number of hydrogen-bond donors (Lipinski definition) is 3. The molecule has 2 rings (SSSR count). The normalized spacial score (nSPS) is 11.1. The van der Waals surface area contributed by atoms with Crippen molar-refractivity contribution in [1.29, 1.82) is 0 Å². The van der Waals surface area contributed by atoms with Gasteiger partial charge in [-0.3, -0.25) is 9.59 Å². The number of halogens is 2. The van der Waals surface area contributed by atoms with Gasteiger partial charge in [0.25, 0.3) is 5.91 Å². The van der Waals surface area contributed by atoms with Gasteiger partial charge in [-0.05, 0) is 25.0 Å². The first-order chi connectivity index (χ1) is 19.5. The van der Waals surface area contributed by atoms with Crippen LogP contribution in [0.1, 0.15) is 93.4 Å². The Kier molecular flexibility index (Phi) is 22.6. The summed E-state index contributed by atoms with van der Waals surface area (Å²) in [4.78, 5) is 51.0. The summed E-state index contributed by atoms with van der Waals surface area (Å²) in [6.07, 6.45) is 9.62. The third-order valence-corrected chi connectivity index (χ3v) is 5.47. The van der Waals surface area contributed by atoms with Crippen molar-refractivity contribution in [3.8, 4) is 0 Å². The number of aromatic carboxylic acids is 1. The van der Waals surface area contributed by atoms with E-state index in [1.165, 1.54) is 32.5 Å². The second-order valence-electron chi connectivity index (χ2n) is 8.71. The number of ether oxygens (including phenoxy) is 2. The summed E-state index contributed by atoms with van der Waals surface area (Å²) in [6.45, 7) is 4.16. The Hall–Kier alpha value is -4.00. The fourth-order valence-corrected chi connectivity index (χ4v) is 3.19. The van der Waals surface area contributed by atoms with Crippen molar-refractivity contribution in [2.75, 3.05) is 14.2 Å². The van der Waals surface area contributed by atoms with Crippen LogP contribution in [0.3, 0.4) is 0 Å². The number of carbonyl (C=O) groups is 4. The quantitative estimate of drug-likeness (QED) is 0.167. The number of amides is 1. The highest BCUT2D eigenvalue weighted by Crippen LogP contribution is 2.07. The lowest BCUT2D eigenvalue weighted by Gasteiger charge is -2.16. The predicted molar refractivity (Wildman–Crippen MR) is 154 cm³/mol. The number of methoxy groups -OCH3 is 2. The zero-order valence-corrected chi connectivity index (χ0v) is 23.9. The third kappa shape index (κ3) is 17.6. The van der Waals surface area contributed by atoms with E-state index < -0.39 is 41.8 Å². The molecule has 13 heteroatoms. The molecule has 2 heterocycles. The van der Waals surface area contributed by atoms with E-state index in [0.717, 1.165) is 63.3 Å². The van der Waals surface area contributed by atoms with E-state index in [0.29, 0.717) is 6.42 Å². The molecule has 11 nitrogen and oxygen atoms in total. The van der Waals surface area contributed by atoms with Crippen LogP contribution in [0.25, 0.3) is 0 Å². The first-order valence-corrected chi connectivity index (χ1v) is 13.2. The molecule has 42 heavy (non-hydrogen) atoms. The molecule has 0 aliphatic rings. The second kappa shape index (κ2) is 23.7. The van der Waals surface area contributed by atoms with Gasteiger partial charge in [0.15, 0.2) is 0 Å². The molecule has 0 saturated carbocycles. The summed E-state index contributed by atoms with van der Waals surface area (Å²) in [5.74, 6) is -3.98. The molecule has 4 N–H and O–H groups in total.